The van der Waals surface area contributed by atoms with Crippen molar-refractivity contribution in [2.75, 3.05) is 0 Å². The second-order valence-electron chi connectivity index (χ2n) is 3.78. The highest BCUT2D eigenvalue weighted by molar-refractivity contribution is 5.91. The minimum atomic E-state index is -0.739. The van der Waals surface area contributed by atoms with Crippen molar-refractivity contribution in [3.63, 3.8) is 0 Å². The summed E-state index contributed by atoms with van der Waals surface area (Å²) < 4.78 is 6.31. The first kappa shape index (κ1) is 11.4. The molecule has 0 saturated carbocycles. The van der Waals surface area contributed by atoms with Crippen LogP contribution in [0.1, 0.15) is 26.5 Å². The number of hydrogen-bond acceptors (Lipinski definition) is 4. The van der Waals surface area contributed by atoms with Crippen molar-refractivity contribution in [1.29, 1.82) is 0 Å². The number of nitrogens with zero attached hydrogens (tertiary/aromatic N) is 1. The summed E-state index contributed by atoms with van der Waals surface area (Å²) in [6.45, 7) is 3.54. The fourth-order valence-corrected chi connectivity index (χ4v) is 1.85. The normalized spacial score (nSPS) is 19.6. The van der Waals surface area contributed by atoms with E-state index in [-0.39, 0.29) is 0 Å². The Bertz CT molecular complexity index is 608. The van der Waals surface area contributed by atoms with Crippen molar-refractivity contribution in [3.8, 4) is 0 Å². The van der Waals surface area contributed by atoms with Gasteiger partial charge < -0.3 is 4.74 Å². The van der Waals surface area contributed by atoms with Gasteiger partial charge in [-0.25, -0.2) is 9.59 Å². The number of H-pyrrole nitrogens is 1. The van der Waals surface area contributed by atoms with Crippen molar-refractivity contribution in [2.45, 2.75) is 26.5 Å². The summed E-state index contributed by atoms with van der Waals surface area (Å²) in [5, 5.41) is 0. The first-order valence-electron chi connectivity index (χ1n) is 5.26. The summed E-state index contributed by atoms with van der Waals surface area (Å²) in [5.41, 5.74) is 0.213. The highest BCUT2D eigenvalue weighted by Gasteiger charge is 2.31. The van der Waals surface area contributed by atoms with Crippen LogP contribution in [0, 0.1) is 0 Å². The number of hydrogen-bond donors (Lipinski definition) is 1. The second kappa shape index (κ2) is 4.04. The monoisotopic (exact) mass is 236 g/mol. The van der Waals surface area contributed by atoms with Crippen molar-refractivity contribution in [1.82, 2.24) is 9.55 Å². The first-order chi connectivity index (χ1) is 8.04. The molecule has 17 heavy (non-hydrogen) atoms. The van der Waals surface area contributed by atoms with Gasteiger partial charge >= 0.3 is 11.7 Å². The van der Waals surface area contributed by atoms with Gasteiger partial charge in [-0.15, -0.1) is 0 Å². The van der Waals surface area contributed by atoms with E-state index >= 15 is 0 Å². The first-order valence-corrected chi connectivity index (χ1v) is 5.26. The van der Waals surface area contributed by atoms with Gasteiger partial charge in [-0.1, -0.05) is 6.92 Å². The van der Waals surface area contributed by atoms with Crippen LogP contribution in [-0.2, 0) is 9.53 Å². The Morgan fingerprint density at radius 3 is 2.71 bits per heavy atom. The number of rotatable bonds is 2. The predicted octanol–water partition coefficient (Wildman–Crippen LogP) is 0.319. The van der Waals surface area contributed by atoms with Crippen LogP contribution >= 0.6 is 0 Å². The van der Waals surface area contributed by atoms with Crippen molar-refractivity contribution >= 4 is 5.97 Å². The molecule has 1 atom stereocenters. The highest BCUT2D eigenvalue weighted by atomic mass is 16.6. The number of cyclic esters (lactones) is 1. The minimum Gasteiger partial charge on any atom is -0.434 e. The third kappa shape index (κ3) is 1.82. The zero-order valence-electron chi connectivity index (χ0n) is 9.52. The number of esters is 1. The number of carbonyl (C=O) groups excluding carboxylic acids is 1. The van der Waals surface area contributed by atoms with Gasteiger partial charge in [-0.05, 0) is 13.3 Å². The Kier molecular flexibility index (Phi) is 2.71. The molecule has 0 saturated heterocycles. The van der Waals surface area contributed by atoms with E-state index in [4.69, 9.17) is 4.74 Å². The quantitative estimate of drug-likeness (QED) is 0.750. The standard InChI is InChI=1S/C11H12N2O4/c1-3-7-6(2)10(15)17-9(7)13-5-4-8(14)12-11(13)16/h4-5,9H,3H2,1-2H3,(H,12,14,16). The number of aromatic nitrogens is 2. The Morgan fingerprint density at radius 2 is 2.12 bits per heavy atom. The highest BCUT2D eigenvalue weighted by Crippen LogP contribution is 2.31. The van der Waals surface area contributed by atoms with Crippen LogP contribution in [0.15, 0.2) is 33.0 Å². The maximum absolute atomic E-state index is 11.6. The van der Waals surface area contributed by atoms with E-state index in [0.29, 0.717) is 12.0 Å². The van der Waals surface area contributed by atoms with Crippen LogP contribution in [0.5, 0.6) is 0 Å². The van der Waals surface area contributed by atoms with E-state index in [1.165, 1.54) is 16.8 Å². The largest absolute Gasteiger partial charge is 0.434 e. The molecule has 2 heterocycles. The summed E-state index contributed by atoms with van der Waals surface area (Å²) in [6, 6.07) is 1.22. The number of carbonyl (C=O) groups is 1. The van der Waals surface area contributed by atoms with Gasteiger partial charge in [0.25, 0.3) is 5.56 Å². The number of nitrogens with one attached hydrogen (secondary N) is 1. The van der Waals surface area contributed by atoms with Gasteiger partial charge in [0.05, 0.1) is 0 Å². The smallest absolute Gasteiger partial charge is 0.336 e. The fraction of sp³-hybridized carbons (Fsp3) is 0.364. The Morgan fingerprint density at radius 1 is 1.41 bits per heavy atom. The molecule has 1 aliphatic heterocycles. The Hall–Kier alpha value is -2.11. The van der Waals surface area contributed by atoms with Crippen molar-refractivity contribution in [3.05, 3.63) is 44.2 Å². The molecule has 0 aromatic carbocycles. The third-order valence-electron chi connectivity index (χ3n) is 2.79. The van der Waals surface area contributed by atoms with Gasteiger partial charge in [-0.2, -0.15) is 0 Å². The molecule has 0 fully saturated rings. The van der Waals surface area contributed by atoms with E-state index in [2.05, 4.69) is 4.98 Å². The summed E-state index contributed by atoms with van der Waals surface area (Å²) >= 11 is 0. The molecule has 1 aromatic heterocycles. The molecular weight excluding hydrogens is 224 g/mol. The summed E-state index contributed by atoms with van der Waals surface area (Å²) in [5.74, 6) is -0.426. The van der Waals surface area contributed by atoms with Crippen LogP contribution in [0.25, 0.3) is 0 Å². The van der Waals surface area contributed by atoms with E-state index in [1.54, 1.807) is 6.92 Å². The fourth-order valence-electron chi connectivity index (χ4n) is 1.85. The molecule has 0 amide bonds. The summed E-state index contributed by atoms with van der Waals surface area (Å²) in [7, 11) is 0. The average Bonchev–Trinajstić information content (AvgIpc) is 2.55. The summed E-state index contributed by atoms with van der Waals surface area (Å²) in [6.07, 6.45) is 1.19. The number of ether oxygens (including phenoxy) is 1. The maximum atomic E-state index is 11.6. The zero-order chi connectivity index (χ0) is 12.6. The van der Waals surface area contributed by atoms with Gasteiger partial charge in [-0.3, -0.25) is 14.3 Å². The average molecular weight is 236 g/mol. The predicted molar refractivity (Wildman–Crippen MR) is 59.4 cm³/mol. The van der Waals surface area contributed by atoms with E-state index in [9.17, 15) is 14.4 Å². The summed E-state index contributed by atoms with van der Waals surface area (Å²) in [4.78, 5) is 36.1. The van der Waals surface area contributed by atoms with Crippen molar-refractivity contribution < 1.29 is 9.53 Å². The topological polar surface area (TPSA) is 81.2 Å². The molecule has 6 nitrogen and oxygen atoms in total. The maximum Gasteiger partial charge on any atom is 0.336 e. The molecule has 1 unspecified atom stereocenters. The zero-order valence-corrected chi connectivity index (χ0v) is 9.52. The molecule has 1 aromatic rings. The molecule has 0 aliphatic carbocycles. The molecule has 1 aliphatic rings. The molecule has 0 bridgehead atoms. The van der Waals surface area contributed by atoms with Gasteiger partial charge in [0, 0.05) is 23.4 Å². The Balaban J connectivity index is 2.53. The van der Waals surface area contributed by atoms with Crippen LogP contribution in [0.2, 0.25) is 0 Å². The van der Waals surface area contributed by atoms with E-state index < -0.39 is 23.4 Å². The molecule has 0 radical (unpaired) electrons. The molecule has 2 rings (SSSR count). The lowest BCUT2D eigenvalue weighted by Gasteiger charge is -2.15. The molecule has 1 N–H and O–H groups in total. The SMILES string of the molecule is CCC1=C(C)C(=O)OC1n1ccc(=O)[nH]c1=O. The van der Waals surface area contributed by atoms with Gasteiger partial charge in [0.2, 0.25) is 6.23 Å². The van der Waals surface area contributed by atoms with E-state index in [1.807, 2.05) is 6.92 Å². The van der Waals surface area contributed by atoms with Crippen LogP contribution in [0.4, 0.5) is 0 Å². The van der Waals surface area contributed by atoms with Gasteiger partial charge in [0.15, 0.2) is 0 Å². The lowest BCUT2D eigenvalue weighted by molar-refractivity contribution is -0.143. The minimum absolute atomic E-state index is 0.426. The molecule has 0 spiro atoms. The van der Waals surface area contributed by atoms with Crippen LogP contribution in [-0.4, -0.2) is 15.5 Å². The molecule has 90 valence electrons. The third-order valence-corrected chi connectivity index (χ3v) is 2.79. The Labute approximate surface area is 96.5 Å². The van der Waals surface area contributed by atoms with E-state index in [0.717, 1.165) is 5.57 Å². The van der Waals surface area contributed by atoms with Crippen molar-refractivity contribution in [2.24, 2.45) is 0 Å². The van der Waals surface area contributed by atoms with Crippen LogP contribution < -0.4 is 11.2 Å². The molecular formula is C11H12N2O4. The number of aromatic amines is 1. The van der Waals surface area contributed by atoms with Gasteiger partial charge in [0.1, 0.15) is 0 Å². The molecule has 6 heteroatoms. The lowest BCUT2D eigenvalue weighted by Crippen LogP contribution is -2.32. The van der Waals surface area contributed by atoms with Crippen LogP contribution in [0.3, 0.4) is 0 Å². The lowest BCUT2D eigenvalue weighted by atomic mass is 10.1. The second-order valence-corrected chi connectivity index (χ2v) is 3.78.